The molecule has 1 aromatic carbocycles. The first-order valence-corrected chi connectivity index (χ1v) is 10.2. The number of anilines is 1. The summed E-state index contributed by atoms with van der Waals surface area (Å²) in [5.41, 5.74) is 7.96. The van der Waals surface area contributed by atoms with Gasteiger partial charge >= 0.3 is 0 Å². The number of carbonyl (C=O) groups excluding carboxylic acids is 3. The quantitative estimate of drug-likeness (QED) is 0.814. The van der Waals surface area contributed by atoms with E-state index in [9.17, 15) is 14.4 Å². The minimum atomic E-state index is -0.666. The van der Waals surface area contributed by atoms with Crippen LogP contribution in [0.5, 0.6) is 0 Å². The van der Waals surface area contributed by atoms with Crippen molar-refractivity contribution in [3.63, 3.8) is 0 Å². The summed E-state index contributed by atoms with van der Waals surface area (Å²) in [6, 6.07) is 4.81. The summed E-state index contributed by atoms with van der Waals surface area (Å²) in [4.78, 5) is 42.0. The number of nitrogens with two attached hydrogens (primary N) is 1. The Balaban J connectivity index is 1.79. The zero-order valence-electron chi connectivity index (χ0n) is 16.1. The third kappa shape index (κ3) is 3.01. The molecule has 3 aliphatic rings. The van der Waals surface area contributed by atoms with E-state index < -0.39 is 11.9 Å². The molecule has 0 bridgehead atoms. The van der Waals surface area contributed by atoms with Crippen molar-refractivity contribution in [2.45, 2.75) is 50.5 Å². The Morgan fingerprint density at radius 1 is 1.21 bits per heavy atom. The van der Waals surface area contributed by atoms with E-state index in [2.05, 4.69) is 6.58 Å². The van der Waals surface area contributed by atoms with Crippen molar-refractivity contribution in [3.8, 4) is 0 Å². The second kappa shape index (κ2) is 7.41. The van der Waals surface area contributed by atoms with Crippen LogP contribution in [0.2, 0.25) is 0 Å². The summed E-state index contributed by atoms with van der Waals surface area (Å²) in [7, 11) is 0. The normalized spacial score (nSPS) is 24.6. The van der Waals surface area contributed by atoms with Gasteiger partial charge in [-0.05, 0) is 37.0 Å². The SMILES string of the molecule is C=CCN1C[C@@H]2C[C@@H](C(N)=O)N(C(=O)C3CCCCC3)c3cccc(c32)C1=O. The minimum Gasteiger partial charge on any atom is -0.368 e. The molecule has 2 atom stereocenters. The van der Waals surface area contributed by atoms with E-state index in [1.165, 1.54) is 0 Å². The van der Waals surface area contributed by atoms with Crippen molar-refractivity contribution in [2.24, 2.45) is 11.7 Å². The summed E-state index contributed by atoms with van der Waals surface area (Å²) in [6.07, 6.45) is 7.10. The maximum Gasteiger partial charge on any atom is 0.254 e. The van der Waals surface area contributed by atoms with Crippen molar-refractivity contribution >= 4 is 23.4 Å². The molecule has 0 unspecified atom stereocenters. The first kappa shape index (κ1) is 18.7. The van der Waals surface area contributed by atoms with E-state index in [0.29, 0.717) is 30.8 Å². The predicted octanol–water partition coefficient (Wildman–Crippen LogP) is 2.58. The fraction of sp³-hybridized carbons (Fsp3) is 0.500. The Morgan fingerprint density at radius 3 is 2.64 bits per heavy atom. The Morgan fingerprint density at radius 2 is 1.96 bits per heavy atom. The molecular formula is C22H27N3O3. The van der Waals surface area contributed by atoms with Crippen molar-refractivity contribution in [3.05, 3.63) is 42.0 Å². The van der Waals surface area contributed by atoms with Gasteiger partial charge in [0.1, 0.15) is 6.04 Å². The molecule has 1 fully saturated rings. The van der Waals surface area contributed by atoms with Gasteiger partial charge in [0, 0.05) is 36.2 Å². The van der Waals surface area contributed by atoms with Crippen molar-refractivity contribution < 1.29 is 14.4 Å². The molecule has 2 heterocycles. The molecule has 0 radical (unpaired) electrons. The number of carbonyl (C=O) groups is 3. The fourth-order valence-corrected chi connectivity index (χ4v) is 5.10. The van der Waals surface area contributed by atoms with Gasteiger partial charge in [-0.2, -0.15) is 0 Å². The molecule has 6 nitrogen and oxygen atoms in total. The average molecular weight is 381 g/mol. The Labute approximate surface area is 165 Å². The number of hydrogen-bond donors (Lipinski definition) is 1. The highest BCUT2D eigenvalue weighted by molar-refractivity contribution is 6.06. The lowest BCUT2D eigenvalue weighted by molar-refractivity contribution is -0.128. The van der Waals surface area contributed by atoms with Gasteiger partial charge in [0.25, 0.3) is 5.91 Å². The van der Waals surface area contributed by atoms with Gasteiger partial charge in [-0.15, -0.1) is 6.58 Å². The molecule has 2 N–H and O–H groups in total. The lowest BCUT2D eigenvalue weighted by Gasteiger charge is -2.45. The predicted molar refractivity (Wildman–Crippen MR) is 107 cm³/mol. The first-order chi connectivity index (χ1) is 13.5. The molecule has 0 spiro atoms. The minimum absolute atomic E-state index is 0.00300. The second-order valence-corrected chi connectivity index (χ2v) is 8.13. The zero-order valence-corrected chi connectivity index (χ0v) is 16.1. The third-order valence-electron chi connectivity index (χ3n) is 6.40. The van der Waals surface area contributed by atoms with Crippen LogP contribution in [-0.2, 0) is 9.59 Å². The molecule has 1 aromatic rings. The molecule has 4 rings (SSSR count). The number of nitrogens with zero attached hydrogens (tertiary/aromatic N) is 2. The van der Waals surface area contributed by atoms with E-state index >= 15 is 0 Å². The van der Waals surface area contributed by atoms with Crippen LogP contribution in [0, 0.1) is 5.92 Å². The van der Waals surface area contributed by atoms with E-state index in [1.54, 1.807) is 21.9 Å². The zero-order chi connectivity index (χ0) is 19.8. The van der Waals surface area contributed by atoms with Gasteiger partial charge in [-0.25, -0.2) is 0 Å². The molecule has 6 heteroatoms. The standard InChI is InChI=1S/C22H27N3O3/c1-2-11-24-13-15-12-18(20(23)26)25(21(27)14-7-4-3-5-8-14)17-10-6-9-16(19(15)17)22(24)28/h2,6,9-10,14-15,18H,1,3-5,7-8,11-13H2,(H2,23,26)/t15-,18-/m0/s1. The Hall–Kier alpha value is -2.63. The van der Waals surface area contributed by atoms with Crippen LogP contribution in [0.4, 0.5) is 5.69 Å². The molecule has 0 aromatic heterocycles. The maximum absolute atomic E-state index is 13.4. The van der Waals surface area contributed by atoms with E-state index in [0.717, 1.165) is 37.7 Å². The highest BCUT2D eigenvalue weighted by Gasteiger charge is 2.45. The van der Waals surface area contributed by atoms with Gasteiger partial charge in [0.2, 0.25) is 11.8 Å². The van der Waals surface area contributed by atoms with Gasteiger partial charge in [-0.3, -0.25) is 19.3 Å². The van der Waals surface area contributed by atoms with Gasteiger partial charge in [-0.1, -0.05) is 31.4 Å². The fourth-order valence-electron chi connectivity index (χ4n) is 5.10. The summed E-state index contributed by atoms with van der Waals surface area (Å²) >= 11 is 0. The first-order valence-electron chi connectivity index (χ1n) is 10.2. The monoisotopic (exact) mass is 381 g/mol. The largest absolute Gasteiger partial charge is 0.368 e. The van der Waals surface area contributed by atoms with Crippen LogP contribution in [-0.4, -0.2) is 41.8 Å². The van der Waals surface area contributed by atoms with Crippen LogP contribution in [0.15, 0.2) is 30.9 Å². The number of rotatable bonds is 4. The van der Waals surface area contributed by atoms with Crippen molar-refractivity contribution in [1.82, 2.24) is 4.90 Å². The van der Waals surface area contributed by atoms with Crippen LogP contribution in [0.3, 0.4) is 0 Å². The summed E-state index contributed by atoms with van der Waals surface area (Å²) in [6.45, 7) is 4.72. The van der Waals surface area contributed by atoms with Crippen LogP contribution in [0.25, 0.3) is 0 Å². The van der Waals surface area contributed by atoms with E-state index in [1.807, 2.05) is 12.1 Å². The second-order valence-electron chi connectivity index (χ2n) is 8.13. The number of primary amides is 1. The van der Waals surface area contributed by atoms with Crippen molar-refractivity contribution in [1.29, 1.82) is 0 Å². The van der Waals surface area contributed by atoms with E-state index in [4.69, 9.17) is 5.73 Å². The molecule has 28 heavy (non-hydrogen) atoms. The molecular weight excluding hydrogens is 354 g/mol. The van der Waals surface area contributed by atoms with Gasteiger partial charge < -0.3 is 10.6 Å². The smallest absolute Gasteiger partial charge is 0.254 e. The van der Waals surface area contributed by atoms with Crippen LogP contribution < -0.4 is 10.6 Å². The molecule has 1 aliphatic carbocycles. The summed E-state index contributed by atoms with van der Waals surface area (Å²) < 4.78 is 0. The maximum atomic E-state index is 13.4. The van der Waals surface area contributed by atoms with Crippen LogP contribution >= 0.6 is 0 Å². The van der Waals surface area contributed by atoms with Gasteiger partial charge in [0.15, 0.2) is 0 Å². The number of amides is 3. The summed E-state index contributed by atoms with van der Waals surface area (Å²) in [5.74, 6) is -0.615. The van der Waals surface area contributed by atoms with Gasteiger partial charge in [0.05, 0.1) is 0 Å². The number of hydrogen-bond acceptors (Lipinski definition) is 3. The molecule has 2 aliphatic heterocycles. The average Bonchev–Trinajstić information content (AvgIpc) is 2.71. The Bertz CT molecular complexity index is 828. The molecule has 3 amide bonds. The summed E-state index contributed by atoms with van der Waals surface area (Å²) in [5, 5.41) is 0. The lowest BCUT2D eigenvalue weighted by atomic mass is 9.78. The molecule has 1 saturated carbocycles. The Kier molecular flexibility index (Phi) is 4.96. The lowest BCUT2D eigenvalue weighted by Crippen LogP contribution is -2.55. The van der Waals surface area contributed by atoms with Crippen LogP contribution in [0.1, 0.15) is 60.4 Å². The highest BCUT2D eigenvalue weighted by atomic mass is 16.2. The van der Waals surface area contributed by atoms with Crippen molar-refractivity contribution in [2.75, 3.05) is 18.0 Å². The third-order valence-corrected chi connectivity index (χ3v) is 6.40. The molecule has 148 valence electrons. The topological polar surface area (TPSA) is 83.7 Å². The molecule has 0 saturated heterocycles. The number of benzene rings is 1. The highest BCUT2D eigenvalue weighted by Crippen LogP contribution is 2.45. The van der Waals surface area contributed by atoms with E-state index in [-0.39, 0.29) is 23.7 Å².